The molecule has 1 heterocycles. The van der Waals surface area contributed by atoms with Gasteiger partial charge in [0.25, 0.3) is 0 Å². The van der Waals surface area contributed by atoms with Gasteiger partial charge >= 0.3 is 0 Å². The molecule has 4 aliphatic carbocycles. The van der Waals surface area contributed by atoms with Crippen molar-refractivity contribution < 1.29 is 0 Å². The Kier molecular flexibility index (Phi) is 8.32. The summed E-state index contributed by atoms with van der Waals surface area (Å²) in [5, 5.41) is 4.99. The van der Waals surface area contributed by atoms with E-state index in [1.807, 2.05) is 36.4 Å². The zero-order valence-electron chi connectivity index (χ0n) is 36.9. The fourth-order valence-electron chi connectivity index (χ4n) is 13.1. The Labute approximate surface area is 385 Å². The molecular weight excluding hydrogens is 799 g/mol. The molecule has 0 amide bonds. The molecule has 314 valence electrons. The second kappa shape index (κ2) is 14.5. The van der Waals surface area contributed by atoms with Crippen molar-refractivity contribution in [1.82, 2.24) is 15.0 Å². The predicted octanol–water partition coefficient (Wildman–Crippen LogP) is 16.2. The van der Waals surface area contributed by atoms with Crippen LogP contribution in [0.4, 0.5) is 0 Å². The smallest absolute Gasteiger partial charge is 0.164 e. The van der Waals surface area contributed by atoms with Crippen LogP contribution in [-0.4, -0.2) is 15.0 Å². The van der Waals surface area contributed by atoms with Crippen LogP contribution in [0.25, 0.3) is 100 Å². The maximum atomic E-state index is 5.25. The lowest BCUT2D eigenvalue weighted by molar-refractivity contribution is 0.550. The van der Waals surface area contributed by atoms with Crippen molar-refractivity contribution in [2.24, 2.45) is 0 Å². The lowest BCUT2D eigenvalue weighted by Gasteiger charge is -2.28. The van der Waals surface area contributed by atoms with Gasteiger partial charge in [0.1, 0.15) is 0 Å². The fourth-order valence-corrected chi connectivity index (χ4v) is 13.1. The Bertz CT molecular complexity index is 3540. The van der Waals surface area contributed by atoms with Gasteiger partial charge in [-0.3, -0.25) is 0 Å². The lowest BCUT2D eigenvalue weighted by atomic mass is 9.75. The number of aromatic nitrogens is 3. The number of hydrogen-bond acceptors (Lipinski definition) is 3. The summed E-state index contributed by atoms with van der Waals surface area (Å²) in [7, 11) is 0. The van der Waals surface area contributed by atoms with E-state index in [1.165, 1.54) is 140 Å². The van der Waals surface area contributed by atoms with E-state index in [9.17, 15) is 0 Å². The van der Waals surface area contributed by atoms with E-state index >= 15 is 0 Å². The Morgan fingerprint density at radius 1 is 0.273 bits per heavy atom. The summed E-state index contributed by atoms with van der Waals surface area (Å²) in [6.45, 7) is 0. The maximum Gasteiger partial charge on any atom is 0.164 e. The largest absolute Gasteiger partial charge is 0.208 e. The molecule has 14 rings (SSSR count). The van der Waals surface area contributed by atoms with Crippen LogP contribution in [0.15, 0.2) is 188 Å². The molecule has 66 heavy (non-hydrogen) atoms. The Morgan fingerprint density at radius 2 is 0.652 bits per heavy atom. The van der Waals surface area contributed by atoms with Gasteiger partial charge < -0.3 is 0 Å². The molecule has 2 fully saturated rings. The van der Waals surface area contributed by atoms with E-state index in [-0.39, 0.29) is 10.8 Å². The monoisotopic (exact) mass is 845 g/mol. The van der Waals surface area contributed by atoms with E-state index in [4.69, 9.17) is 15.0 Å². The highest BCUT2D eigenvalue weighted by atomic mass is 15.0. The van der Waals surface area contributed by atoms with E-state index in [1.54, 1.807) is 0 Å². The van der Waals surface area contributed by atoms with Crippen molar-refractivity contribution in [1.29, 1.82) is 0 Å². The molecule has 2 saturated carbocycles. The van der Waals surface area contributed by atoms with Gasteiger partial charge in [0, 0.05) is 27.5 Å². The van der Waals surface area contributed by atoms with Crippen LogP contribution in [0.3, 0.4) is 0 Å². The Morgan fingerprint density at radius 3 is 1.15 bits per heavy atom. The average Bonchev–Trinajstić information content (AvgIpc) is 4.20. The van der Waals surface area contributed by atoms with Gasteiger partial charge in [-0.2, -0.15) is 0 Å². The van der Waals surface area contributed by atoms with Crippen LogP contribution in [0.5, 0.6) is 0 Å². The lowest BCUT2D eigenvalue weighted by Crippen LogP contribution is -2.20. The second-order valence-corrected chi connectivity index (χ2v) is 19.3. The first-order valence-corrected chi connectivity index (χ1v) is 24.0. The fraction of sp³-hybridized carbons (Fsp3) is 0.159. The minimum Gasteiger partial charge on any atom is -0.208 e. The number of rotatable bonds is 5. The highest BCUT2D eigenvalue weighted by Crippen LogP contribution is 2.60. The second-order valence-electron chi connectivity index (χ2n) is 19.3. The molecule has 0 unspecified atom stereocenters. The molecule has 0 N–H and O–H groups in total. The van der Waals surface area contributed by atoms with E-state index in [2.05, 4.69) is 152 Å². The first-order chi connectivity index (χ1) is 32.7. The molecular formula is C63H47N3. The summed E-state index contributed by atoms with van der Waals surface area (Å²) >= 11 is 0. The minimum absolute atomic E-state index is 0.0589. The van der Waals surface area contributed by atoms with E-state index < -0.39 is 0 Å². The zero-order valence-corrected chi connectivity index (χ0v) is 36.9. The van der Waals surface area contributed by atoms with Gasteiger partial charge in [0.15, 0.2) is 17.5 Å². The van der Waals surface area contributed by atoms with Crippen LogP contribution in [-0.2, 0) is 10.8 Å². The Balaban J connectivity index is 1.05. The van der Waals surface area contributed by atoms with Gasteiger partial charge in [-0.15, -0.1) is 0 Å². The summed E-state index contributed by atoms with van der Waals surface area (Å²) < 4.78 is 0. The van der Waals surface area contributed by atoms with Crippen LogP contribution in [0.2, 0.25) is 0 Å². The van der Waals surface area contributed by atoms with Gasteiger partial charge in [-0.05, 0) is 132 Å². The predicted molar refractivity (Wildman–Crippen MR) is 271 cm³/mol. The van der Waals surface area contributed by atoms with Crippen molar-refractivity contribution in [2.45, 2.75) is 62.2 Å². The Hall–Kier alpha value is -7.49. The number of nitrogens with zero attached hydrogens (tertiary/aromatic N) is 3. The first-order valence-electron chi connectivity index (χ1n) is 24.0. The van der Waals surface area contributed by atoms with Crippen molar-refractivity contribution in [3.8, 4) is 78.7 Å². The van der Waals surface area contributed by atoms with Crippen LogP contribution < -0.4 is 0 Å². The SMILES string of the molecule is c1ccc(-c2nc(-c3ccccc3)nc(-c3ccc4c(-c5ccc6c(c5)C5(CCCC5)c5ccccc5-6)c5ccccc5c(-c5ccc6c(c5)C5(CCCC5)c5ccccc5-6)c4c3)n2)cc1. The standard InChI is InChI=1S/C63H47N3/c1-3-17-40(18-4-1)59-64-60(41-19-5-2-6-20-41)66-61(65-59)44-29-32-51-52(37-44)58(43-28-31-48-46-22-10-12-26-54(46)63(56(48)39-43)35-15-16-36-63)50-24-8-7-23-49(50)57(51)42-27-30-47-45-21-9-11-25-53(45)62(55(47)38-42)33-13-14-34-62/h1-12,17-32,37-39H,13-16,33-36H2. The van der Waals surface area contributed by atoms with Crippen molar-refractivity contribution >= 4 is 21.5 Å². The number of hydrogen-bond donors (Lipinski definition) is 0. The average molecular weight is 846 g/mol. The minimum atomic E-state index is 0.0589. The summed E-state index contributed by atoms with van der Waals surface area (Å²) in [5.74, 6) is 2.00. The molecule has 0 bridgehead atoms. The molecule has 3 nitrogen and oxygen atoms in total. The van der Waals surface area contributed by atoms with Crippen molar-refractivity contribution in [2.75, 3.05) is 0 Å². The third-order valence-corrected chi connectivity index (χ3v) is 16.0. The summed E-state index contributed by atoms with van der Waals surface area (Å²) in [6.07, 6.45) is 9.86. The molecule has 4 aliphatic rings. The van der Waals surface area contributed by atoms with E-state index in [0.29, 0.717) is 17.5 Å². The molecule has 0 atom stereocenters. The molecule has 0 aliphatic heterocycles. The molecule has 1 aromatic heterocycles. The van der Waals surface area contributed by atoms with Gasteiger partial charge in [-0.25, -0.2) is 15.0 Å². The summed E-state index contributed by atoms with van der Waals surface area (Å²) in [4.78, 5) is 15.6. The maximum absolute atomic E-state index is 5.25. The quantitative estimate of drug-likeness (QED) is 0.162. The summed E-state index contributed by atoms with van der Waals surface area (Å²) in [6, 6.07) is 70.0. The molecule has 0 saturated heterocycles. The van der Waals surface area contributed by atoms with Crippen LogP contribution in [0.1, 0.15) is 73.6 Å². The van der Waals surface area contributed by atoms with Crippen LogP contribution in [0, 0.1) is 0 Å². The van der Waals surface area contributed by atoms with Gasteiger partial charge in [0.2, 0.25) is 0 Å². The molecule has 0 radical (unpaired) electrons. The highest BCUT2D eigenvalue weighted by Gasteiger charge is 2.46. The summed E-state index contributed by atoms with van der Waals surface area (Å²) in [5.41, 5.74) is 19.8. The normalized spacial score (nSPS) is 15.9. The number of fused-ring (bicyclic) bond motifs is 12. The number of benzene rings is 9. The highest BCUT2D eigenvalue weighted by molar-refractivity contribution is 6.22. The zero-order chi connectivity index (χ0) is 43.4. The molecule has 3 heteroatoms. The molecule has 10 aromatic rings. The van der Waals surface area contributed by atoms with Gasteiger partial charge in [-0.1, -0.05) is 196 Å². The van der Waals surface area contributed by atoms with E-state index in [0.717, 1.165) is 16.7 Å². The van der Waals surface area contributed by atoms with Crippen molar-refractivity contribution in [3.05, 3.63) is 210 Å². The molecule has 9 aromatic carbocycles. The third-order valence-electron chi connectivity index (χ3n) is 16.0. The first kappa shape index (κ1) is 37.8. The topological polar surface area (TPSA) is 38.7 Å². The molecule has 2 spiro atoms. The van der Waals surface area contributed by atoms with Crippen LogP contribution >= 0.6 is 0 Å². The van der Waals surface area contributed by atoms with Gasteiger partial charge in [0.05, 0.1) is 0 Å². The third kappa shape index (κ3) is 5.46. The van der Waals surface area contributed by atoms with Crippen molar-refractivity contribution in [3.63, 3.8) is 0 Å².